The lowest BCUT2D eigenvalue weighted by molar-refractivity contribution is -0.00848. The molecule has 56 valence electrons. The van der Waals surface area contributed by atoms with Gasteiger partial charge in [-0.3, -0.25) is 4.90 Å². The van der Waals surface area contributed by atoms with Gasteiger partial charge in [0.15, 0.2) is 0 Å². The topological polar surface area (TPSA) is 27.0 Å². The van der Waals surface area contributed by atoms with Crippen LogP contribution in [0.5, 0.6) is 0 Å². The fraction of sp³-hybridized carbons (Fsp3) is 0.833. The van der Waals surface area contributed by atoms with Gasteiger partial charge in [-0.05, 0) is 7.05 Å². The molecule has 1 saturated heterocycles. The van der Waals surface area contributed by atoms with Crippen LogP contribution in [0.2, 0.25) is 0 Å². The Balaban J connectivity index is 2.70. The van der Waals surface area contributed by atoms with E-state index in [0.29, 0.717) is 0 Å². The first-order valence-electron chi connectivity index (χ1n) is 3.02. The number of halogens is 2. The van der Waals surface area contributed by atoms with E-state index < -0.39 is 11.8 Å². The van der Waals surface area contributed by atoms with Crippen molar-refractivity contribution in [2.45, 2.75) is 5.92 Å². The Labute approximate surface area is 58.0 Å². The number of nitrogens with zero attached hydrogens (tertiary/aromatic N) is 2. The molecule has 0 amide bonds. The number of hydrogen-bond acceptors (Lipinski definition) is 2. The van der Waals surface area contributed by atoms with Crippen LogP contribution in [0.25, 0.3) is 0 Å². The third kappa shape index (κ3) is 1.09. The van der Waals surface area contributed by atoms with Gasteiger partial charge in [0, 0.05) is 6.54 Å². The summed E-state index contributed by atoms with van der Waals surface area (Å²) >= 11 is 0. The summed E-state index contributed by atoms with van der Waals surface area (Å²) in [5, 5.41) is 8.26. The van der Waals surface area contributed by atoms with Crippen LogP contribution >= 0.6 is 0 Å². The van der Waals surface area contributed by atoms with Crippen molar-refractivity contribution in [3.05, 3.63) is 0 Å². The minimum Gasteiger partial charge on any atom is -0.299 e. The van der Waals surface area contributed by atoms with Gasteiger partial charge in [0.05, 0.1) is 12.6 Å². The molecule has 1 heterocycles. The summed E-state index contributed by atoms with van der Waals surface area (Å²) in [7, 11) is 1.59. The van der Waals surface area contributed by atoms with Gasteiger partial charge in [0.2, 0.25) is 0 Å². The van der Waals surface area contributed by atoms with Crippen molar-refractivity contribution in [1.82, 2.24) is 4.90 Å². The number of hydrogen-bond donors (Lipinski definition) is 0. The normalized spacial score (nSPS) is 32.0. The SMILES string of the molecule is CN1CC(C#N)C(F)(F)C1. The van der Waals surface area contributed by atoms with Crippen molar-refractivity contribution < 1.29 is 8.78 Å². The molecule has 0 saturated carbocycles. The third-order valence-corrected chi connectivity index (χ3v) is 1.64. The van der Waals surface area contributed by atoms with Crippen LogP contribution in [0.15, 0.2) is 0 Å². The lowest BCUT2D eigenvalue weighted by Gasteiger charge is -2.09. The van der Waals surface area contributed by atoms with Crippen molar-refractivity contribution in [3.8, 4) is 6.07 Å². The number of likely N-dealkylation sites (tertiary alicyclic amines) is 1. The number of alkyl halides is 2. The molecule has 0 aromatic heterocycles. The van der Waals surface area contributed by atoms with E-state index in [9.17, 15) is 8.78 Å². The van der Waals surface area contributed by atoms with E-state index >= 15 is 0 Å². The molecule has 1 atom stereocenters. The smallest absolute Gasteiger partial charge is 0.277 e. The van der Waals surface area contributed by atoms with Crippen LogP contribution in [-0.2, 0) is 0 Å². The van der Waals surface area contributed by atoms with Crippen LogP contribution in [0.1, 0.15) is 0 Å². The van der Waals surface area contributed by atoms with Crippen LogP contribution in [0, 0.1) is 17.2 Å². The molecule has 0 bridgehead atoms. The Morgan fingerprint density at radius 3 is 2.50 bits per heavy atom. The van der Waals surface area contributed by atoms with E-state index in [1.54, 1.807) is 13.1 Å². The number of nitriles is 1. The molecule has 0 aromatic carbocycles. The van der Waals surface area contributed by atoms with E-state index in [0.717, 1.165) is 0 Å². The minimum atomic E-state index is -2.80. The Morgan fingerprint density at radius 1 is 1.70 bits per heavy atom. The molecule has 1 rings (SSSR count). The Kier molecular flexibility index (Phi) is 1.61. The average molecular weight is 146 g/mol. The van der Waals surface area contributed by atoms with Crippen LogP contribution < -0.4 is 0 Å². The highest BCUT2D eigenvalue weighted by Crippen LogP contribution is 2.31. The van der Waals surface area contributed by atoms with Gasteiger partial charge in [0.1, 0.15) is 5.92 Å². The van der Waals surface area contributed by atoms with Crippen molar-refractivity contribution >= 4 is 0 Å². The highest BCUT2D eigenvalue weighted by atomic mass is 19.3. The first kappa shape index (κ1) is 7.42. The van der Waals surface area contributed by atoms with E-state index in [4.69, 9.17) is 5.26 Å². The summed E-state index contributed by atoms with van der Waals surface area (Å²) in [4.78, 5) is 1.47. The standard InChI is InChI=1S/C6H8F2N2/c1-10-3-5(2-9)6(7,8)4-10/h5H,3-4H2,1H3. The molecule has 0 aromatic rings. The van der Waals surface area contributed by atoms with Crippen molar-refractivity contribution in [1.29, 1.82) is 5.26 Å². The molecule has 1 unspecified atom stereocenters. The zero-order chi connectivity index (χ0) is 7.78. The molecular formula is C6H8F2N2. The molecule has 0 aliphatic carbocycles. The van der Waals surface area contributed by atoms with E-state index in [-0.39, 0.29) is 13.1 Å². The summed E-state index contributed by atoms with van der Waals surface area (Å²) in [6.07, 6.45) is 0. The maximum Gasteiger partial charge on any atom is 0.277 e. The summed E-state index contributed by atoms with van der Waals surface area (Å²) in [5.41, 5.74) is 0. The lowest BCUT2D eigenvalue weighted by Crippen LogP contribution is -2.25. The van der Waals surface area contributed by atoms with Crippen molar-refractivity contribution in [3.63, 3.8) is 0 Å². The first-order valence-corrected chi connectivity index (χ1v) is 3.02. The van der Waals surface area contributed by atoms with Gasteiger partial charge in [-0.25, -0.2) is 8.78 Å². The molecule has 0 spiro atoms. The highest BCUT2D eigenvalue weighted by molar-refractivity contribution is 5.00. The second-order valence-corrected chi connectivity index (χ2v) is 2.64. The average Bonchev–Trinajstić information content (AvgIpc) is 2.04. The maximum atomic E-state index is 12.6. The summed E-state index contributed by atoms with van der Waals surface area (Å²) in [6.45, 7) is -0.102. The summed E-state index contributed by atoms with van der Waals surface area (Å²) in [6, 6.07) is 1.59. The molecule has 2 nitrogen and oxygen atoms in total. The Hall–Kier alpha value is -0.690. The predicted molar refractivity (Wildman–Crippen MR) is 31.5 cm³/mol. The van der Waals surface area contributed by atoms with Gasteiger partial charge in [-0.15, -0.1) is 0 Å². The molecule has 4 heteroatoms. The molecule has 1 aliphatic rings. The van der Waals surface area contributed by atoms with Crippen LogP contribution in [0.3, 0.4) is 0 Å². The number of rotatable bonds is 0. The second kappa shape index (κ2) is 2.17. The van der Waals surface area contributed by atoms with Gasteiger partial charge < -0.3 is 0 Å². The Bertz CT molecular complexity index is 173. The zero-order valence-electron chi connectivity index (χ0n) is 5.64. The van der Waals surface area contributed by atoms with E-state index in [2.05, 4.69) is 0 Å². The fourth-order valence-electron chi connectivity index (χ4n) is 1.12. The summed E-state index contributed by atoms with van der Waals surface area (Å²) in [5.74, 6) is -3.92. The highest BCUT2D eigenvalue weighted by Gasteiger charge is 2.46. The zero-order valence-corrected chi connectivity index (χ0v) is 5.64. The minimum absolute atomic E-state index is 0.184. The van der Waals surface area contributed by atoms with Crippen molar-refractivity contribution in [2.24, 2.45) is 5.92 Å². The lowest BCUT2D eigenvalue weighted by atomic mass is 10.1. The first-order chi connectivity index (χ1) is 4.56. The molecule has 1 fully saturated rings. The quantitative estimate of drug-likeness (QED) is 0.503. The largest absolute Gasteiger partial charge is 0.299 e. The van der Waals surface area contributed by atoms with Gasteiger partial charge in [-0.1, -0.05) is 0 Å². The molecule has 1 aliphatic heterocycles. The monoisotopic (exact) mass is 146 g/mol. The van der Waals surface area contributed by atoms with E-state index in [1.165, 1.54) is 4.90 Å². The van der Waals surface area contributed by atoms with E-state index in [1.807, 2.05) is 0 Å². The molecule has 0 N–H and O–H groups in total. The molecule has 0 radical (unpaired) electrons. The van der Waals surface area contributed by atoms with Gasteiger partial charge in [0.25, 0.3) is 5.92 Å². The third-order valence-electron chi connectivity index (χ3n) is 1.64. The van der Waals surface area contributed by atoms with Crippen LogP contribution in [0.4, 0.5) is 8.78 Å². The second-order valence-electron chi connectivity index (χ2n) is 2.64. The molecule has 10 heavy (non-hydrogen) atoms. The maximum absolute atomic E-state index is 12.6. The van der Waals surface area contributed by atoms with Gasteiger partial charge in [-0.2, -0.15) is 5.26 Å². The van der Waals surface area contributed by atoms with Gasteiger partial charge >= 0.3 is 0 Å². The predicted octanol–water partition coefficient (Wildman–Crippen LogP) is 0.707. The van der Waals surface area contributed by atoms with Crippen molar-refractivity contribution in [2.75, 3.05) is 20.1 Å². The summed E-state index contributed by atoms with van der Waals surface area (Å²) < 4.78 is 25.2. The fourth-order valence-corrected chi connectivity index (χ4v) is 1.12. The molecular weight excluding hydrogens is 138 g/mol. The Morgan fingerprint density at radius 2 is 2.30 bits per heavy atom. The van der Waals surface area contributed by atoms with Crippen LogP contribution in [-0.4, -0.2) is 31.0 Å².